The second-order valence-corrected chi connectivity index (χ2v) is 5.62. The van der Waals surface area contributed by atoms with Crippen molar-refractivity contribution in [2.75, 3.05) is 11.9 Å². The Kier molecular flexibility index (Phi) is 4.28. The molecule has 4 N–H and O–H groups in total. The van der Waals surface area contributed by atoms with Crippen LogP contribution in [0.5, 0.6) is 0 Å². The van der Waals surface area contributed by atoms with Gasteiger partial charge in [-0.2, -0.15) is 5.10 Å². The van der Waals surface area contributed by atoms with Crippen LogP contribution < -0.4 is 11.1 Å². The molecule has 0 radical (unpaired) electrons. The Labute approximate surface area is 102 Å². The molecule has 0 fully saturated rings. The lowest BCUT2D eigenvalue weighted by molar-refractivity contribution is -0.120. The van der Waals surface area contributed by atoms with Crippen LogP contribution in [0.4, 0.5) is 5.82 Å². The lowest BCUT2D eigenvalue weighted by Crippen LogP contribution is -2.32. The number of nitrogens with two attached hydrogens (primary N) is 1. The minimum absolute atomic E-state index is 0.0612. The summed E-state index contributed by atoms with van der Waals surface area (Å²) >= 11 is 0. The van der Waals surface area contributed by atoms with E-state index in [1.807, 2.05) is 6.92 Å². The van der Waals surface area contributed by atoms with Gasteiger partial charge in [0.05, 0.1) is 5.92 Å². The Morgan fingerprint density at radius 1 is 1.59 bits per heavy atom. The molecule has 5 nitrogen and oxygen atoms in total. The lowest BCUT2D eigenvalue weighted by atomic mass is 9.84. The van der Waals surface area contributed by atoms with Gasteiger partial charge in [-0.05, 0) is 18.8 Å². The zero-order chi connectivity index (χ0) is 13.1. The topological polar surface area (TPSA) is 83.8 Å². The standard InChI is InChI=1S/C12H22N4O/c1-8-5-10(16-15-8)14-11(17)9(7-13)6-12(2,3)4/h5,9H,6-7,13H2,1-4H3,(H2,14,15,16,17). The maximum absolute atomic E-state index is 12.0. The average Bonchev–Trinajstić information content (AvgIpc) is 2.59. The molecule has 96 valence electrons. The van der Waals surface area contributed by atoms with Gasteiger partial charge in [0, 0.05) is 18.3 Å². The lowest BCUT2D eigenvalue weighted by Gasteiger charge is -2.23. The molecule has 17 heavy (non-hydrogen) atoms. The molecule has 0 aliphatic rings. The molecule has 1 rings (SSSR count). The Hall–Kier alpha value is -1.36. The third-order valence-corrected chi connectivity index (χ3v) is 2.47. The van der Waals surface area contributed by atoms with Crippen molar-refractivity contribution in [2.24, 2.45) is 17.1 Å². The SMILES string of the molecule is Cc1cc(NC(=O)C(CN)CC(C)(C)C)n[nH]1. The molecule has 0 saturated heterocycles. The van der Waals surface area contributed by atoms with E-state index in [1.54, 1.807) is 6.07 Å². The summed E-state index contributed by atoms with van der Waals surface area (Å²) in [6.07, 6.45) is 0.763. The van der Waals surface area contributed by atoms with Gasteiger partial charge in [-0.15, -0.1) is 0 Å². The van der Waals surface area contributed by atoms with Crippen molar-refractivity contribution >= 4 is 11.7 Å². The van der Waals surface area contributed by atoms with E-state index >= 15 is 0 Å². The summed E-state index contributed by atoms with van der Waals surface area (Å²) < 4.78 is 0. The predicted molar refractivity (Wildman–Crippen MR) is 68.6 cm³/mol. The number of rotatable bonds is 4. The highest BCUT2D eigenvalue weighted by Crippen LogP contribution is 2.24. The van der Waals surface area contributed by atoms with Crippen LogP contribution in [0.25, 0.3) is 0 Å². The van der Waals surface area contributed by atoms with E-state index in [2.05, 4.69) is 36.3 Å². The van der Waals surface area contributed by atoms with E-state index in [4.69, 9.17) is 5.73 Å². The third kappa shape index (κ3) is 4.56. The largest absolute Gasteiger partial charge is 0.330 e. The zero-order valence-electron chi connectivity index (χ0n) is 11.0. The fourth-order valence-corrected chi connectivity index (χ4v) is 1.73. The van der Waals surface area contributed by atoms with Crippen LogP contribution in [0, 0.1) is 18.3 Å². The quantitative estimate of drug-likeness (QED) is 0.746. The number of amides is 1. The summed E-state index contributed by atoms with van der Waals surface area (Å²) in [5.41, 5.74) is 6.65. The van der Waals surface area contributed by atoms with Crippen molar-refractivity contribution in [3.63, 3.8) is 0 Å². The normalized spacial score (nSPS) is 13.5. The van der Waals surface area contributed by atoms with Gasteiger partial charge >= 0.3 is 0 Å². The number of nitrogens with zero attached hydrogens (tertiary/aromatic N) is 1. The van der Waals surface area contributed by atoms with Crippen molar-refractivity contribution in [3.05, 3.63) is 11.8 Å². The minimum Gasteiger partial charge on any atom is -0.330 e. The molecule has 1 amide bonds. The summed E-state index contributed by atoms with van der Waals surface area (Å²) in [6.45, 7) is 8.54. The first-order valence-corrected chi connectivity index (χ1v) is 5.85. The molecule has 1 heterocycles. The molecule has 1 unspecified atom stereocenters. The Morgan fingerprint density at radius 2 is 2.24 bits per heavy atom. The average molecular weight is 238 g/mol. The van der Waals surface area contributed by atoms with Gasteiger partial charge in [-0.3, -0.25) is 9.89 Å². The number of hydrogen-bond acceptors (Lipinski definition) is 3. The smallest absolute Gasteiger partial charge is 0.229 e. The third-order valence-electron chi connectivity index (χ3n) is 2.47. The number of H-pyrrole nitrogens is 1. The van der Waals surface area contributed by atoms with Crippen LogP contribution in [0.1, 0.15) is 32.9 Å². The first-order chi connectivity index (χ1) is 7.81. The molecule has 1 aromatic rings. The number of anilines is 1. The van der Waals surface area contributed by atoms with Gasteiger partial charge in [0.15, 0.2) is 5.82 Å². The fraction of sp³-hybridized carbons (Fsp3) is 0.667. The molecular weight excluding hydrogens is 216 g/mol. The van der Waals surface area contributed by atoms with E-state index in [-0.39, 0.29) is 17.2 Å². The van der Waals surface area contributed by atoms with Crippen molar-refractivity contribution in [2.45, 2.75) is 34.1 Å². The molecule has 0 spiro atoms. The Bertz CT molecular complexity index is 378. The highest BCUT2D eigenvalue weighted by molar-refractivity contribution is 5.91. The molecule has 0 bridgehead atoms. The Balaban J connectivity index is 2.61. The predicted octanol–water partition coefficient (Wildman–Crippen LogP) is 1.67. The highest BCUT2D eigenvalue weighted by atomic mass is 16.2. The van der Waals surface area contributed by atoms with Crippen LogP contribution in [-0.2, 0) is 4.79 Å². The van der Waals surface area contributed by atoms with Crippen LogP contribution >= 0.6 is 0 Å². The van der Waals surface area contributed by atoms with Crippen LogP contribution in [-0.4, -0.2) is 22.6 Å². The van der Waals surface area contributed by atoms with Crippen LogP contribution in [0.15, 0.2) is 6.07 Å². The van der Waals surface area contributed by atoms with E-state index in [0.717, 1.165) is 12.1 Å². The summed E-state index contributed by atoms with van der Waals surface area (Å²) in [5, 5.41) is 9.53. The molecule has 0 aliphatic heterocycles. The van der Waals surface area contributed by atoms with Crippen LogP contribution in [0.3, 0.4) is 0 Å². The summed E-state index contributed by atoms with van der Waals surface area (Å²) in [6, 6.07) is 1.79. The zero-order valence-corrected chi connectivity index (χ0v) is 11.0. The monoisotopic (exact) mass is 238 g/mol. The molecule has 0 saturated carbocycles. The number of aromatic nitrogens is 2. The van der Waals surface area contributed by atoms with Crippen molar-refractivity contribution < 1.29 is 4.79 Å². The number of carbonyl (C=O) groups is 1. The second-order valence-electron chi connectivity index (χ2n) is 5.62. The molecule has 1 atom stereocenters. The van der Waals surface area contributed by atoms with E-state index in [9.17, 15) is 4.79 Å². The number of hydrogen-bond donors (Lipinski definition) is 3. The van der Waals surface area contributed by atoms with E-state index in [1.165, 1.54) is 0 Å². The van der Waals surface area contributed by atoms with Gasteiger partial charge < -0.3 is 11.1 Å². The van der Waals surface area contributed by atoms with Gasteiger partial charge in [0.25, 0.3) is 0 Å². The maximum Gasteiger partial charge on any atom is 0.229 e. The van der Waals surface area contributed by atoms with Gasteiger partial charge in [0.2, 0.25) is 5.91 Å². The van der Waals surface area contributed by atoms with Crippen molar-refractivity contribution in [1.82, 2.24) is 10.2 Å². The van der Waals surface area contributed by atoms with E-state index in [0.29, 0.717) is 12.4 Å². The van der Waals surface area contributed by atoms with Gasteiger partial charge in [-0.25, -0.2) is 0 Å². The molecule has 0 aliphatic carbocycles. The maximum atomic E-state index is 12.0. The number of nitrogens with one attached hydrogen (secondary N) is 2. The Morgan fingerprint density at radius 3 is 2.65 bits per heavy atom. The highest BCUT2D eigenvalue weighted by Gasteiger charge is 2.24. The van der Waals surface area contributed by atoms with Gasteiger partial charge in [0.1, 0.15) is 0 Å². The summed E-state index contributed by atoms with van der Waals surface area (Å²) in [4.78, 5) is 12.0. The van der Waals surface area contributed by atoms with Crippen LogP contribution in [0.2, 0.25) is 0 Å². The van der Waals surface area contributed by atoms with E-state index < -0.39 is 0 Å². The van der Waals surface area contributed by atoms with Crippen molar-refractivity contribution in [3.8, 4) is 0 Å². The fourth-order valence-electron chi connectivity index (χ4n) is 1.73. The molecule has 1 aromatic heterocycles. The summed E-state index contributed by atoms with van der Waals surface area (Å²) in [5.74, 6) is 0.320. The summed E-state index contributed by atoms with van der Waals surface area (Å²) in [7, 11) is 0. The molecular formula is C12H22N4O. The minimum atomic E-state index is -0.174. The molecule has 5 heteroatoms. The van der Waals surface area contributed by atoms with Crippen molar-refractivity contribution in [1.29, 1.82) is 0 Å². The molecule has 0 aromatic carbocycles. The number of aromatic amines is 1. The first kappa shape index (κ1) is 13.7. The van der Waals surface area contributed by atoms with Gasteiger partial charge in [-0.1, -0.05) is 20.8 Å². The number of aryl methyl sites for hydroxylation is 1. The first-order valence-electron chi connectivity index (χ1n) is 5.85. The number of carbonyl (C=O) groups excluding carboxylic acids is 1. The second kappa shape index (κ2) is 5.31.